The molecule has 0 aliphatic carbocycles. The first-order chi connectivity index (χ1) is 22.0. The number of carbonyl (C=O) groups is 2. The standard InChI is InChI=1S/C35H36Cl3N3O4S/c1-3-4-20-39-35(43)33(21-26-12-7-5-8-13-26)40(23-29-30(37)16-11-17-31(29)38)34(42)24-41(32-22-27(36)19-18-25(32)2)46(44,45)28-14-9-6-10-15-28/h5-19,22,33H,3-4,20-21,23-24H2,1-2H3,(H,39,43)/t33-/m1/s1. The lowest BCUT2D eigenvalue weighted by molar-refractivity contribution is -0.140. The quantitative estimate of drug-likeness (QED) is 0.137. The van der Waals surface area contributed by atoms with Crippen LogP contribution in [-0.2, 0) is 32.6 Å². The van der Waals surface area contributed by atoms with Crippen LogP contribution in [0, 0.1) is 6.92 Å². The van der Waals surface area contributed by atoms with E-state index in [1.165, 1.54) is 23.1 Å². The van der Waals surface area contributed by atoms with E-state index in [9.17, 15) is 18.0 Å². The molecule has 2 amide bonds. The molecular formula is C35H36Cl3N3O4S. The molecule has 4 aromatic rings. The molecule has 0 saturated carbocycles. The smallest absolute Gasteiger partial charge is 0.264 e. The second-order valence-electron chi connectivity index (χ2n) is 10.8. The van der Waals surface area contributed by atoms with Crippen molar-refractivity contribution in [2.24, 2.45) is 0 Å². The zero-order valence-corrected chi connectivity index (χ0v) is 28.7. The van der Waals surface area contributed by atoms with E-state index in [1.807, 2.05) is 37.3 Å². The van der Waals surface area contributed by atoms with Crippen molar-refractivity contribution in [2.45, 2.75) is 50.6 Å². The van der Waals surface area contributed by atoms with Gasteiger partial charge in [0.2, 0.25) is 11.8 Å². The Balaban J connectivity index is 1.85. The normalized spacial score (nSPS) is 11.9. The summed E-state index contributed by atoms with van der Waals surface area (Å²) in [5.41, 5.74) is 2.10. The summed E-state index contributed by atoms with van der Waals surface area (Å²) in [6.07, 6.45) is 1.80. The molecule has 1 N–H and O–H groups in total. The van der Waals surface area contributed by atoms with Gasteiger partial charge in [0, 0.05) is 40.1 Å². The van der Waals surface area contributed by atoms with Crippen molar-refractivity contribution in [3.05, 3.63) is 129 Å². The van der Waals surface area contributed by atoms with Crippen LogP contribution in [0.5, 0.6) is 0 Å². The number of nitrogens with one attached hydrogen (secondary N) is 1. The Labute approximate surface area is 286 Å². The lowest BCUT2D eigenvalue weighted by Gasteiger charge is -2.34. The van der Waals surface area contributed by atoms with Crippen molar-refractivity contribution in [1.82, 2.24) is 10.2 Å². The molecule has 1 atom stereocenters. The number of hydrogen-bond donors (Lipinski definition) is 1. The zero-order valence-electron chi connectivity index (χ0n) is 25.6. The highest BCUT2D eigenvalue weighted by Gasteiger charge is 2.35. The van der Waals surface area contributed by atoms with Gasteiger partial charge in [0.05, 0.1) is 10.6 Å². The molecule has 46 heavy (non-hydrogen) atoms. The van der Waals surface area contributed by atoms with Crippen molar-refractivity contribution in [1.29, 1.82) is 0 Å². The van der Waals surface area contributed by atoms with Gasteiger partial charge < -0.3 is 10.2 Å². The molecule has 7 nitrogen and oxygen atoms in total. The van der Waals surface area contributed by atoms with Crippen molar-refractivity contribution >= 4 is 62.3 Å². The first kappa shape index (κ1) is 35.3. The highest BCUT2D eigenvalue weighted by Crippen LogP contribution is 2.31. The van der Waals surface area contributed by atoms with Gasteiger partial charge in [0.1, 0.15) is 12.6 Å². The van der Waals surface area contributed by atoms with Crippen LogP contribution in [-0.4, -0.2) is 44.3 Å². The fourth-order valence-electron chi connectivity index (χ4n) is 5.00. The second kappa shape index (κ2) is 16.3. The maximum atomic E-state index is 14.6. The van der Waals surface area contributed by atoms with Gasteiger partial charge in [-0.05, 0) is 60.9 Å². The summed E-state index contributed by atoms with van der Waals surface area (Å²) in [5, 5.41) is 3.90. The van der Waals surface area contributed by atoms with Gasteiger partial charge in [-0.2, -0.15) is 0 Å². The van der Waals surface area contributed by atoms with E-state index >= 15 is 0 Å². The van der Waals surface area contributed by atoms with E-state index in [0.29, 0.717) is 32.7 Å². The summed E-state index contributed by atoms with van der Waals surface area (Å²) in [5.74, 6) is -0.994. The lowest BCUT2D eigenvalue weighted by atomic mass is 10.0. The van der Waals surface area contributed by atoms with Gasteiger partial charge in [-0.3, -0.25) is 13.9 Å². The molecule has 0 heterocycles. The summed E-state index contributed by atoms with van der Waals surface area (Å²) in [7, 11) is -4.26. The molecule has 0 unspecified atom stereocenters. The number of halogens is 3. The van der Waals surface area contributed by atoms with Crippen LogP contribution in [0.3, 0.4) is 0 Å². The average molecular weight is 701 g/mol. The SMILES string of the molecule is CCCCNC(=O)[C@@H](Cc1ccccc1)N(Cc1c(Cl)cccc1Cl)C(=O)CN(c1cc(Cl)ccc1C)S(=O)(=O)c1ccccc1. The molecule has 4 rings (SSSR count). The number of unbranched alkanes of at least 4 members (excludes halogenated alkanes) is 1. The molecule has 0 aromatic heterocycles. The molecule has 0 bridgehead atoms. The third-order valence-electron chi connectivity index (χ3n) is 7.54. The summed E-state index contributed by atoms with van der Waals surface area (Å²) < 4.78 is 29.4. The van der Waals surface area contributed by atoms with Gasteiger partial charge in [0.15, 0.2) is 0 Å². The van der Waals surface area contributed by atoms with Gasteiger partial charge in [-0.25, -0.2) is 8.42 Å². The Morgan fingerprint density at radius 3 is 2.11 bits per heavy atom. The molecule has 0 radical (unpaired) electrons. The number of carbonyl (C=O) groups excluding carboxylic acids is 2. The number of nitrogens with zero attached hydrogens (tertiary/aromatic N) is 2. The second-order valence-corrected chi connectivity index (χ2v) is 13.9. The van der Waals surface area contributed by atoms with E-state index < -0.39 is 28.5 Å². The van der Waals surface area contributed by atoms with Crippen LogP contribution >= 0.6 is 34.8 Å². The molecule has 0 spiro atoms. The Hall–Kier alpha value is -3.56. The molecule has 0 fully saturated rings. The third-order valence-corrected chi connectivity index (χ3v) is 10.3. The maximum absolute atomic E-state index is 14.6. The number of benzene rings is 4. The number of rotatable bonds is 14. The van der Waals surface area contributed by atoms with E-state index in [0.717, 1.165) is 22.7 Å². The number of amides is 2. The molecule has 11 heteroatoms. The Morgan fingerprint density at radius 2 is 1.48 bits per heavy atom. The molecule has 0 saturated heterocycles. The van der Waals surface area contributed by atoms with Crippen molar-refractivity contribution in [3.8, 4) is 0 Å². The number of aryl methyl sites for hydroxylation is 1. The number of hydrogen-bond acceptors (Lipinski definition) is 4. The maximum Gasteiger partial charge on any atom is 0.264 e. The average Bonchev–Trinajstić information content (AvgIpc) is 3.04. The first-order valence-corrected chi connectivity index (χ1v) is 17.5. The minimum atomic E-state index is -4.26. The summed E-state index contributed by atoms with van der Waals surface area (Å²) in [6, 6.07) is 26.0. The molecule has 0 aliphatic heterocycles. The molecular weight excluding hydrogens is 665 g/mol. The van der Waals surface area contributed by atoms with Crippen LogP contribution in [0.2, 0.25) is 15.1 Å². The van der Waals surface area contributed by atoms with E-state index in [1.54, 1.807) is 55.5 Å². The summed E-state index contributed by atoms with van der Waals surface area (Å²) in [6.45, 7) is 3.43. The van der Waals surface area contributed by atoms with Crippen LogP contribution in [0.25, 0.3) is 0 Å². The van der Waals surface area contributed by atoms with Crippen molar-refractivity contribution in [3.63, 3.8) is 0 Å². The fourth-order valence-corrected chi connectivity index (χ4v) is 7.17. The Kier molecular flexibility index (Phi) is 12.5. The van der Waals surface area contributed by atoms with Gasteiger partial charge in [-0.15, -0.1) is 0 Å². The van der Waals surface area contributed by atoms with Gasteiger partial charge >= 0.3 is 0 Å². The zero-order chi connectivity index (χ0) is 33.3. The highest BCUT2D eigenvalue weighted by atomic mass is 35.5. The fraction of sp³-hybridized carbons (Fsp3) is 0.257. The van der Waals surface area contributed by atoms with Crippen LogP contribution in [0.4, 0.5) is 5.69 Å². The van der Waals surface area contributed by atoms with Crippen molar-refractivity contribution in [2.75, 3.05) is 17.4 Å². The molecule has 4 aromatic carbocycles. The van der Waals surface area contributed by atoms with Gasteiger partial charge in [0.25, 0.3) is 10.0 Å². The predicted octanol–water partition coefficient (Wildman–Crippen LogP) is 7.71. The minimum Gasteiger partial charge on any atom is -0.354 e. The monoisotopic (exact) mass is 699 g/mol. The van der Waals surface area contributed by atoms with Crippen LogP contribution in [0.15, 0.2) is 102 Å². The van der Waals surface area contributed by atoms with E-state index in [2.05, 4.69) is 5.32 Å². The van der Waals surface area contributed by atoms with Gasteiger partial charge in [-0.1, -0.05) is 109 Å². The Morgan fingerprint density at radius 1 is 0.848 bits per heavy atom. The first-order valence-electron chi connectivity index (χ1n) is 14.9. The Bertz CT molecular complexity index is 1740. The lowest BCUT2D eigenvalue weighted by Crippen LogP contribution is -2.53. The van der Waals surface area contributed by atoms with Crippen LogP contribution in [0.1, 0.15) is 36.5 Å². The summed E-state index contributed by atoms with van der Waals surface area (Å²) >= 11 is 19.5. The van der Waals surface area contributed by atoms with Crippen molar-refractivity contribution < 1.29 is 18.0 Å². The third kappa shape index (κ3) is 8.82. The topological polar surface area (TPSA) is 86.8 Å². The van der Waals surface area contributed by atoms with E-state index in [-0.39, 0.29) is 29.5 Å². The largest absolute Gasteiger partial charge is 0.354 e. The highest BCUT2D eigenvalue weighted by molar-refractivity contribution is 7.92. The summed E-state index contributed by atoms with van der Waals surface area (Å²) in [4.78, 5) is 29.9. The number of anilines is 1. The molecule has 242 valence electrons. The van der Waals surface area contributed by atoms with E-state index in [4.69, 9.17) is 34.8 Å². The minimum absolute atomic E-state index is 0.000943. The molecule has 0 aliphatic rings. The van der Waals surface area contributed by atoms with Crippen LogP contribution < -0.4 is 9.62 Å². The predicted molar refractivity (Wildman–Crippen MR) is 186 cm³/mol. The number of sulfonamides is 1.